The number of cyclic esters (lactones) is 1. The zero-order valence-corrected chi connectivity index (χ0v) is 19.9. The smallest absolute Gasteiger partial charge is 0.410 e. The molecule has 10 nitrogen and oxygen atoms in total. The van der Waals surface area contributed by atoms with E-state index >= 15 is 0 Å². The Labute approximate surface area is 190 Å². The monoisotopic (exact) mass is 454 g/mol. The van der Waals surface area contributed by atoms with Crippen LogP contribution in [0.5, 0.6) is 0 Å². The highest BCUT2D eigenvalue weighted by atomic mass is 16.6. The van der Waals surface area contributed by atoms with Crippen molar-refractivity contribution < 1.29 is 28.6 Å². The van der Waals surface area contributed by atoms with Crippen LogP contribution in [0.15, 0.2) is 0 Å². The van der Waals surface area contributed by atoms with Crippen molar-refractivity contribution in [3.63, 3.8) is 0 Å². The lowest BCUT2D eigenvalue weighted by molar-refractivity contribution is -0.141. The van der Waals surface area contributed by atoms with Crippen LogP contribution in [-0.4, -0.2) is 122 Å². The minimum Gasteiger partial charge on any atom is -0.469 e. The maximum absolute atomic E-state index is 12.5. The number of nitrogens with zero attached hydrogens (tertiary/aromatic N) is 4. The fourth-order valence-corrected chi connectivity index (χ4v) is 4.46. The number of amides is 2. The van der Waals surface area contributed by atoms with Crippen LogP contribution in [0, 0.1) is 0 Å². The molecule has 0 saturated carbocycles. The summed E-state index contributed by atoms with van der Waals surface area (Å²) in [6, 6.07) is 0.0985. The van der Waals surface area contributed by atoms with Crippen molar-refractivity contribution in [1.82, 2.24) is 19.6 Å². The number of carbonyl (C=O) groups excluding carboxylic acids is 3. The van der Waals surface area contributed by atoms with Crippen molar-refractivity contribution in [3.05, 3.63) is 0 Å². The van der Waals surface area contributed by atoms with E-state index in [0.717, 1.165) is 45.6 Å². The first-order chi connectivity index (χ1) is 15.1. The third-order valence-corrected chi connectivity index (χ3v) is 6.25. The second kappa shape index (κ2) is 10.7. The molecule has 2 amide bonds. The van der Waals surface area contributed by atoms with Gasteiger partial charge in [-0.2, -0.15) is 0 Å². The Morgan fingerprint density at radius 1 is 1.03 bits per heavy atom. The third kappa shape index (κ3) is 6.96. The SMILES string of the molecule is COC(=O)CCN1CCN(CC2CN(C3CCN(C(=O)OC(C)(C)C)CC3)C(=O)O2)CC1. The van der Waals surface area contributed by atoms with Crippen molar-refractivity contribution in [2.45, 2.75) is 57.8 Å². The van der Waals surface area contributed by atoms with Crippen LogP contribution in [0.4, 0.5) is 9.59 Å². The Hall–Kier alpha value is -2.07. The normalized spacial score (nSPS) is 23.9. The summed E-state index contributed by atoms with van der Waals surface area (Å²) >= 11 is 0. The van der Waals surface area contributed by atoms with E-state index in [1.54, 1.807) is 4.90 Å². The number of ether oxygens (including phenoxy) is 3. The van der Waals surface area contributed by atoms with Gasteiger partial charge in [-0.25, -0.2) is 9.59 Å². The van der Waals surface area contributed by atoms with E-state index in [1.807, 2.05) is 25.7 Å². The quantitative estimate of drug-likeness (QED) is 0.439. The summed E-state index contributed by atoms with van der Waals surface area (Å²) in [7, 11) is 1.41. The molecule has 0 aromatic rings. The van der Waals surface area contributed by atoms with Gasteiger partial charge in [0.1, 0.15) is 11.7 Å². The summed E-state index contributed by atoms with van der Waals surface area (Å²) in [6.45, 7) is 12.4. The predicted octanol–water partition coefficient (Wildman–Crippen LogP) is 1.39. The van der Waals surface area contributed by atoms with Crippen molar-refractivity contribution in [2.24, 2.45) is 0 Å². The van der Waals surface area contributed by atoms with Gasteiger partial charge in [0.25, 0.3) is 0 Å². The maximum atomic E-state index is 12.5. The number of methoxy groups -OCH3 is 1. The van der Waals surface area contributed by atoms with Gasteiger partial charge in [0.05, 0.1) is 20.1 Å². The summed E-state index contributed by atoms with van der Waals surface area (Å²) in [4.78, 5) is 44.2. The fraction of sp³-hybridized carbons (Fsp3) is 0.864. The second-order valence-corrected chi connectivity index (χ2v) is 9.83. The van der Waals surface area contributed by atoms with Crippen LogP contribution in [0.1, 0.15) is 40.0 Å². The number of hydrogen-bond acceptors (Lipinski definition) is 8. The topological polar surface area (TPSA) is 91.9 Å². The van der Waals surface area contributed by atoms with Crippen LogP contribution < -0.4 is 0 Å². The van der Waals surface area contributed by atoms with Crippen LogP contribution >= 0.6 is 0 Å². The first-order valence-electron chi connectivity index (χ1n) is 11.6. The van der Waals surface area contributed by atoms with E-state index in [4.69, 9.17) is 14.2 Å². The molecule has 3 aliphatic heterocycles. The molecule has 0 N–H and O–H groups in total. The molecule has 0 bridgehead atoms. The zero-order valence-electron chi connectivity index (χ0n) is 19.9. The van der Waals surface area contributed by atoms with Crippen LogP contribution in [0.3, 0.4) is 0 Å². The minimum atomic E-state index is -0.507. The highest BCUT2D eigenvalue weighted by Gasteiger charge is 2.39. The highest BCUT2D eigenvalue weighted by molar-refractivity contribution is 5.71. The molecule has 0 aromatic heterocycles. The van der Waals surface area contributed by atoms with Gasteiger partial charge >= 0.3 is 18.2 Å². The van der Waals surface area contributed by atoms with Crippen molar-refractivity contribution in [3.8, 4) is 0 Å². The fourth-order valence-electron chi connectivity index (χ4n) is 4.46. The van der Waals surface area contributed by atoms with Crippen LogP contribution in [0.2, 0.25) is 0 Å². The molecule has 182 valence electrons. The maximum Gasteiger partial charge on any atom is 0.410 e. The zero-order chi connectivity index (χ0) is 23.3. The molecule has 3 aliphatic rings. The number of hydrogen-bond donors (Lipinski definition) is 0. The lowest BCUT2D eigenvalue weighted by atomic mass is 10.0. The number of piperazine rings is 1. The molecule has 0 radical (unpaired) electrons. The molecule has 0 aliphatic carbocycles. The average Bonchev–Trinajstić information content (AvgIpc) is 3.11. The van der Waals surface area contributed by atoms with E-state index in [0.29, 0.717) is 32.6 Å². The molecule has 3 saturated heterocycles. The first-order valence-corrected chi connectivity index (χ1v) is 11.6. The number of piperidine rings is 1. The van der Waals surface area contributed by atoms with Gasteiger partial charge in [0.15, 0.2) is 0 Å². The van der Waals surface area contributed by atoms with Gasteiger partial charge in [-0.3, -0.25) is 9.69 Å². The largest absolute Gasteiger partial charge is 0.469 e. The third-order valence-electron chi connectivity index (χ3n) is 6.25. The van der Waals surface area contributed by atoms with Crippen molar-refractivity contribution in [1.29, 1.82) is 0 Å². The second-order valence-electron chi connectivity index (χ2n) is 9.83. The number of carbonyl (C=O) groups is 3. The number of esters is 1. The van der Waals surface area contributed by atoms with Gasteiger partial charge in [0, 0.05) is 58.4 Å². The molecule has 1 atom stereocenters. The van der Waals surface area contributed by atoms with Gasteiger partial charge in [0.2, 0.25) is 0 Å². The van der Waals surface area contributed by atoms with Crippen molar-refractivity contribution in [2.75, 3.05) is 66.0 Å². The van der Waals surface area contributed by atoms with Crippen LogP contribution in [-0.2, 0) is 19.0 Å². The Morgan fingerprint density at radius 2 is 1.66 bits per heavy atom. The van der Waals surface area contributed by atoms with Gasteiger partial charge in [-0.05, 0) is 33.6 Å². The summed E-state index contributed by atoms with van der Waals surface area (Å²) in [5.41, 5.74) is -0.507. The predicted molar refractivity (Wildman–Crippen MR) is 117 cm³/mol. The first kappa shape index (κ1) is 24.6. The molecular weight excluding hydrogens is 416 g/mol. The van der Waals surface area contributed by atoms with E-state index in [1.165, 1.54) is 7.11 Å². The molecular formula is C22H38N4O6. The van der Waals surface area contributed by atoms with E-state index in [2.05, 4.69) is 9.80 Å². The Kier molecular flexibility index (Phi) is 8.21. The Morgan fingerprint density at radius 3 is 2.25 bits per heavy atom. The molecule has 0 spiro atoms. The van der Waals surface area contributed by atoms with Gasteiger partial charge in [-0.1, -0.05) is 0 Å². The molecule has 0 aromatic carbocycles. The molecule has 10 heteroatoms. The molecule has 3 fully saturated rings. The standard InChI is InChI=1S/C22H38N4O6/c1-22(2,3)32-20(28)25-9-5-17(6-10-25)26-16-18(31-21(26)29)15-24-13-11-23(12-14-24)8-7-19(27)30-4/h17-18H,5-16H2,1-4H3. The number of likely N-dealkylation sites (tertiary alicyclic amines) is 1. The summed E-state index contributed by atoms with van der Waals surface area (Å²) in [6.07, 6.45) is 1.22. The molecule has 1 unspecified atom stereocenters. The highest BCUT2D eigenvalue weighted by Crippen LogP contribution is 2.24. The summed E-state index contributed by atoms with van der Waals surface area (Å²) in [5, 5.41) is 0. The van der Waals surface area contributed by atoms with E-state index in [9.17, 15) is 14.4 Å². The molecule has 3 heterocycles. The van der Waals surface area contributed by atoms with E-state index in [-0.39, 0.29) is 30.3 Å². The molecule has 3 rings (SSSR count). The number of rotatable bonds is 6. The lowest BCUT2D eigenvalue weighted by Crippen LogP contribution is -2.50. The van der Waals surface area contributed by atoms with Gasteiger partial charge < -0.3 is 28.9 Å². The Balaban J connectivity index is 1.38. The molecule has 32 heavy (non-hydrogen) atoms. The summed E-state index contributed by atoms with van der Waals surface area (Å²) in [5.74, 6) is -0.178. The lowest BCUT2D eigenvalue weighted by Gasteiger charge is -2.36. The van der Waals surface area contributed by atoms with Crippen molar-refractivity contribution >= 4 is 18.2 Å². The summed E-state index contributed by atoms with van der Waals surface area (Å²) < 4.78 is 15.8. The Bertz CT molecular complexity index is 666. The average molecular weight is 455 g/mol. The van der Waals surface area contributed by atoms with E-state index < -0.39 is 5.60 Å². The van der Waals surface area contributed by atoms with Gasteiger partial charge in [-0.15, -0.1) is 0 Å². The van der Waals surface area contributed by atoms with Crippen LogP contribution in [0.25, 0.3) is 0 Å². The minimum absolute atomic E-state index is 0.0985.